The van der Waals surface area contributed by atoms with Crippen LogP contribution in [0, 0.1) is 22.7 Å². The Balaban J connectivity index is 2.10. The molecule has 130 valence electrons. The number of nitrogens with one attached hydrogen (secondary N) is 1. The standard InChI is InChI=1S/C18H24N2O3S/c1-18(2,3)11-7-8-12-13(10-19)17(24-14(12)9-11)20-15(21)5-4-6-16(22)23/h11H,4-9H2,1-3H3,(H,20,21)(H,22,23)/t11-/m0/s1. The summed E-state index contributed by atoms with van der Waals surface area (Å²) in [6.07, 6.45) is 3.34. The van der Waals surface area contributed by atoms with E-state index in [0.29, 0.717) is 22.9 Å². The molecule has 0 aliphatic heterocycles. The summed E-state index contributed by atoms with van der Waals surface area (Å²) in [7, 11) is 0. The van der Waals surface area contributed by atoms with Crippen molar-refractivity contribution < 1.29 is 14.7 Å². The maximum atomic E-state index is 12.0. The fraction of sp³-hybridized carbons (Fsp3) is 0.611. The first-order valence-corrected chi connectivity index (χ1v) is 9.10. The SMILES string of the molecule is CC(C)(C)[C@H]1CCc2c(sc(NC(=O)CCCC(=O)O)c2C#N)C1. The lowest BCUT2D eigenvalue weighted by Gasteiger charge is -2.33. The summed E-state index contributed by atoms with van der Waals surface area (Å²) >= 11 is 1.50. The molecule has 24 heavy (non-hydrogen) atoms. The van der Waals surface area contributed by atoms with Gasteiger partial charge in [-0.3, -0.25) is 9.59 Å². The smallest absolute Gasteiger partial charge is 0.303 e. The van der Waals surface area contributed by atoms with Crippen molar-refractivity contribution >= 4 is 28.2 Å². The molecule has 0 unspecified atom stereocenters. The van der Waals surface area contributed by atoms with Crippen molar-refractivity contribution in [2.24, 2.45) is 11.3 Å². The van der Waals surface area contributed by atoms with Crippen LogP contribution in [0.25, 0.3) is 0 Å². The molecule has 0 spiro atoms. The summed E-state index contributed by atoms with van der Waals surface area (Å²) in [5.74, 6) is -0.548. The van der Waals surface area contributed by atoms with E-state index in [2.05, 4.69) is 32.2 Å². The van der Waals surface area contributed by atoms with Crippen molar-refractivity contribution in [3.05, 3.63) is 16.0 Å². The second-order valence-corrected chi connectivity index (χ2v) is 8.53. The van der Waals surface area contributed by atoms with Gasteiger partial charge in [0.25, 0.3) is 0 Å². The Bertz CT molecular complexity index is 680. The molecule has 0 radical (unpaired) electrons. The van der Waals surface area contributed by atoms with Gasteiger partial charge in [-0.2, -0.15) is 5.26 Å². The van der Waals surface area contributed by atoms with Gasteiger partial charge in [-0.25, -0.2) is 0 Å². The van der Waals surface area contributed by atoms with E-state index in [4.69, 9.17) is 5.11 Å². The van der Waals surface area contributed by atoms with Gasteiger partial charge in [0, 0.05) is 17.7 Å². The molecule has 1 aliphatic carbocycles. The number of carboxylic acid groups (broad SMARTS) is 1. The Kier molecular flexibility index (Phi) is 5.66. The average Bonchev–Trinajstić information content (AvgIpc) is 2.81. The molecule has 1 aliphatic rings. The lowest BCUT2D eigenvalue weighted by atomic mass is 9.72. The first kappa shape index (κ1) is 18.5. The maximum absolute atomic E-state index is 12.0. The number of fused-ring (bicyclic) bond motifs is 1. The van der Waals surface area contributed by atoms with Crippen LogP contribution in [0.3, 0.4) is 0 Å². The van der Waals surface area contributed by atoms with Crippen molar-refractivity contribution in [2.45, 2.75) is 59.3 Å². The van der Waals surface area contributed by atoms with Crippen LogP contribution in [0.2, 0.25) is 0 Å². The van der Waals surface area contributed by atoms with E-state index in [1.54, 1.807) is 0 Å². The van der Waals surface area contributed by atoms with Crippen molar-refractivity contribution in [3.63, 3.8) is 0 Å². The minimum Gasteiger partial charge on any atom is -0.481 e. The molecule has 2 rings (SSSR count). The van der Waals surface area contributed by atoms with E-state index < -0.39 is 5.97 Å². The van der Waals surface area contributed by atoms with Crippen LogP contribution in [-0.2, 0) is 22.4 Å². The summed E-state index contributed by atoms with van der Waals surface area (Å²) < 4.78 is 0. The zero-order valence-corrected chi connectivity index (χ0v) is 15.3. The molecule has 0 saturated carbocycles. The second-order valence-electron chi connectivity index (χ2n) is 7.42. The monoisotopic (exact) mass is 348 g/mol. The topological polar surface area (TPSA) is 90.2 Å². The number of nitrogens with zero attached hydrogens (tertiary/aromatic N) is 1. The number of carbonyl (C=O) groups excluding carboxylic acids is 1. The number of thiophene rings is 1. The van der Waals surface area contributed by atoms with Gasteiger partial charge in [0.15, 0.2) is 0 Å². The van der Waals surface area contributed by atoms with E-state index in [-0.39, 0.29) is 24.2 Å². The van der Waals surface area contributed by atoms with Gasteiger partial charge in [-0.1, -0.05) is 20.8 Å². The van der Waals surface area contributed by atoms with Gasteiger partial charge in [0.05, 0.1) is 5.56 Å². The number of carbonyl (C=O) groups is 2. The predicted molar refractivity (Wildman–Crippen MR) is 94.1 cm³/mol. The summed E-state index contributed by atoms with van der Waals surface area (Å²) in [6, 6.07) is 2.24. The minimum atomic E-state index is -0.902. The molecule has 2 N–H and O–H groups in total. The highest BCUT2D eigenvalue weighted by Gasteiger charge is 2.32. The normalized spacial score (nSPS) is 17.0. The van der Waals surface area contributed by atoms with E-state index in [0.717, 1.165) is 24.8 Å². The van der Waals surface area contributed by atoms with Crippen molar-refractivity contribution in [1.29, 1.82) is 5.26 Å². The number of nitriles is 1. The van der Waals surface area contributed by atoms with Crippen molar-refractivity contribution in [1.82, 2.24) is 0 Å². The Morgan fingerprint density at radius 2 is 2.08 bits per heavy atom. The lowest BCUT2D eigenvalue weighted by molar-refractivity contribution is -0.137. The summed E-state index contributed by atoms with van der Waals surface area (Å²) in [5.41, 5.74) is 1.91. The number of aliphatic carboxylic acids is 1. The maximum Gasteiger partial charge on any atom is 0.303 e. The summed E-state index contributed by atoms with van der Waals surface area (Å²) in [4.78, 5) is 23.7. The van der Waals surface area contributed by atoms with E-state index in [1.807, 2.05) is 0 Å². The highest BCUT2D eigenvalue weighted by atomic mass is 32.1. The van der Waals surface area contributed by atoms with Gasteiger partial charge in [-0.05, 0) is 42.6 Å². The van der Waals surface area contributed by atoms with Gasteiger partial charge >= 0.3 is 5.97 Å². The number of hydrogen-bond acceptors (Lipinski definition) is 4. The van der Waals surface area contributed by atoms with Gasteiger partial charge in [-0.15, -0.1) is 11.3 Å². The highest BCUT2D eigenvalue weighted by Crippen LogP contribution is 2.43. The Labute approximate surface area is 146 Å². The van der Waals surface area contributed by atoms with Crippen LogP contribution in [-0.4, -0.2) is 17.0 Å². The quantitative estimate of drug-likeness (QED) is 0.842. The Morgan fingerprint density at radius 1 is 1.38 bits per heavy atom. The van der Waals surface area contributed by atoms with E-state index >= 15 is 0 Å². The van der Waals surface area contributed by atoms with Gasteiger partial charge < -0.3 is 10.4 Å². The van der Waals surface area contributed by atoms with Crippen molar-refractivity contribution in [3.8, 4) is 6.07 Å². The van der Waals surface area contributed by atoms with Crippen LogP contribution in [0.5, 0.6) is 0 Å². The summed E-state index contributed by atoms with van der Waals surface area (Å²) in [6.45, 7) is 6.73. The molecule has 0 fully saturated rings. The fourth-order valence-electron chi connectivity index (χ4n) is 3.12. The average molecular weight is 348 g/mol. The van der Waals surface area contributed by atoms with Gasteiger partial charge in [0.1, 0.15) is 11.1 Å². The van der Waals surface area contributed by atoms with Crippen LogP contribution in [0.15, 0.2) is 0 Å². The fourth-order valence-corrected chi connectivity index (χ4v) is 4.41. The molecule has 1 aromatic rings. The minimum absolute atomic E-state index is 0.0211. The number of carboxylic acids is 1. The molecule has 5 nitrogen and oxygen atoms in total. The lowest BCUT2D eigenvalue weighted by Crippen LogP contribution is -2.26. The van der Waals surface area contributed by atoms with Gasteiger partial charge in [0.2, 0.25) is 5.91 Å². The molecule has 0 bridgehead atoms. The Morgan fingerprint density at radius 3 is 2.67 bits per heavy atom. The molecule has 1 aromatic heterocycles. The predicted octanol–water partition coefficient (Wildman–Crippen LogP) is 3.96. The number of amides is 1. The third-order valence-corrected chi connectivity index (χ3v) is 5.82. The largest absolute Gasteiger partial charge is 0.481 e. The van der Waals surface area contributed by atoms with Crippen LogP contribution in [0.4, 0.5) is 5.00 Å². The number of hydrogen-bond donors (Lipinski definition) is 2. The third kappa shape index (κ3) is 4.35. The number of rotatable bonds is 5. The first-order chi connectivity index (χ1) is 11.2. The third-order valence-electron chi connectivity index (χ3n) is 4.65. The first-order valence-electron chi connectivity index (χ1n) is 8.28. The van der Waals surface area contributed by atoms with E-state index in [1.165, 1.54) is 16.2 Å². The van der Waals surface area contributed by atoms with Crippen LogP contribution >= 0.6 is 11.3 Å². The highest BCUT2D eigenvalue weighted by molar-refractivity contribution is 7.16. The zero-order valence-electron chi connectivity index (χ0n) is 14.4. The molecule has 6 heteroatoms. The molecular weight excluding hydrogens is 324 g/mol. The van der Waals surface area contributed by atoms with Crippen molar-refractivity contribution in [2.75, 3.05) is 5.32 Å². The molecule has 0 aromatic carbocycles. The zero-order chi connectivity index (χ0) is 17.9. The Hall–Kier alpha value is -1.87. The van der Waals surface area contributed by atoms with Crippen LogP contribution < -0.4 is 5.32 Å². The molecule has 1 heterocycles. The number of anilines is 1. The second kappa shape index (κ2) is 7.35. The molecule has 0 saturated heterocycles. The molecule has 1 amide bonds. The van der Waals surface area contributed by atoms with E-state index in [9.17, 15) is 14.9 Å². The molecular formula is C18H24N2O3S. The van der Waals surface area contributed by atoms with Crippen LogP contribution in [0.1, 0.15) is 62.5 Å². The summed E-state index contributed by atoms with van der Waals surface area (Å²) in [5, 5.41) is 21.5. The molecule has 1 atom stereocenters.